The van der Waals surface area contributed by atoms with E-state index in [9.17, 15) is 22.8 Å². The molecule has 2 aromatic carbocycles. The van der Waals surface area contributed by atoms with Gasteiger partial charge < -0.3 is 10.2 Å². The molecule has 0 unspecified atom stereocenters. The molecule has 2 heterocycles. The van der Waals surface area contributed by atoms with E-state index in [4.69, 9.17) is 17.5 Å². The van der Waals surface area contributed by atoms with Gasteiger partial charge in [0.1, 0.15) is 17.1 Å². The van der Waals surface area contributed by atoms with Gasteiger partial charge in [0, 0.05) is 31.0 Å². The number of carbonyl (C=O) groups excluding carboxylic acids is 2. The van der Waals surface area contributed by atoms with Gasteiger partial charge in [-0.25, -0.2) is 4.39 Å². The van der Waals surface area contributed by atoms with E-state index >= 15 is 4.39 Å². The molecule has 1 saturated carbocycles. The number of nitriles is 1. The molecule has 8 nitrogen and oxygen atoms in total. The molecular formula is C27H22F4N6O2S. The molecular weight excluding hydrogens is 548 g/mol. The molecule has 1 aliphatic heterocycles. The number of amides is 2. The molecule has 1 aliphatic carbocycles. The third kappa shape index (κ3) is 4.48. The third-order valence-electron chi connectivity index (χ3n) is 7.32. The minimum atomic E-state index is -4.82. The number of rotatable bonds is 5. The van der Waals surface area contributed by atoms with Crippen LogP contribution in [0.2, 0.25) is 0 Å². The minimum absolute atomic E-state index is 0.0820. The molecule has 206 valence electrons. The molecule has 2 amide bonds. The van der Waals surface area contributed by atoms with Gasteiger partial charge in [0.05, 0.1) is 22.9 Å². The first-order valence-corrected chi connectivity index (χ1v) is 12.7. The van der Waals surface area contributed by atoms with Crippen LogP contribution in [0.5, 0.6) is 0 Å². The number of benzene rings is 2. The fourth-order valence-electron chi connectivity index (χ4n) is 5.34. The standard InChI is InChI=1S/C27H22F4N6O2S/c1-35-22(8-11-34-35)23(38)33-15-17-5-7-19(13-21(17)28)37-25(40)36(24(39)26(37)9-2-3-10-26)18-6-4-16(14-32)20(12-18)27(29,30)31/h4-8,11-13H,2-3,9-10,15H2,1H3,(H,33,38). The van der Waals surface area contributed by atoms with Crippen LogP contribution >= 0.6 is 12.2 Å². The lowest BCUT2D eigenvalue weighted by Gasteiger charge is -2.32. The van der Waals surface area contributed by atoms with Crippen molar-refractivity contribution in [3.05, 3.63) is 76.9 Å². The van der Waals surface area contributed by atoms with Gasteiger partial charge in [-0.3, -0.25) is 19.2 Å². The first-order chi connectivity index (χ1) is 19.0. The molecule has 13 heteroatoms. The molecule has 0 atom stereocenters. The van der Waals surface area contributed by atoms with Gasteiger partial charge in [0.25, 0.3) is 11.8 Å². The topological polar surface area (TPSA) is 94.3 Å². The molecule has 1 saturated heterocycles. The van der Waals surface area contributed by atoms with E-state index in [0.717, 1.165) is 17.0 Å². The molecule has 3 aromatic rings. The Morgan fingerprint density at radius 2 is 1.85 bits per heavy atom. The summed E-state index contributed by atoms with van der Waals surface area (Å²) in [6.07, 6.45) is -1.22. The van der Waals surface area contributed by atoms with Crippen molar-refractivity contribution >= 4 is 40.5 Å². The Balaban J connectivity index is 1.47. The first kappa shape index (κ1) is 27.3. The number of nitrogens with zero attached hydrogens (tertiary/aromatic N) is 5. The van der Waals surface area contributed by atoms with Crippen molar-refractivity contribution in [1.82, 2.24) is 15.1 Å². The molecule has 0 radical (unpaired) electrons. The van der Waals surface area contributed by atoms with E-state index in [1.165, 1.54) is 46.1 Å². The average Bonchev–Trinajstić information content (AvgIpc) is 3.62. The van der Waals surface area contributed by atoms with Gasteiger partial charge >= 0.3 is 6.18 Å². The zero-order chi connectivity index (χ0) is 28.8. The normalized spacial score (nSPS) is 16.6. The number of halogens is 4. The summed E-state index contributed by atoms with van der Waals surface area (Å²) in [5.74, 6) is -1.58. The SMILES string of the molecule is Cn1nccc1C(=O)NCc1ccc(N2C(=S)N(c3ccc(C#N)c(C(F)(F)F)c3)C(=O)C23CCCC3)cc1F. The van der Waals surface area contributed by atoms with Gasteiger partial charge in [-0.1, -0.05) is 18.9 Å². The van der Waals surface area contributed by atoms with Crippen molar-refractivity contribution in [2.24, 2.45) is 7.05 Å². The lowest BCUT2D eigenvalue weighted by Crippen LogP contribution is -2.47. The third-order valence-corrected chi connectivity index (χ3v) is 7.68. The van der Waals surface area contributed by atoms with E-state index in [1.54, 1.807) is 13.1 Å². The second kappa shape index (κ2) is 10.0. The predicted molar refractivity (Wildman–Crippen MR) is 141 cm³/mol. The van der Waals surface area contributed by atoms with Crippen LogP contribution in [0.15, 0.2) is 48.7 Å². The maximum atomic E-state index is 15.3. The molecule has 2 aliphatic rings. The van der Waals surface area contributed by atoms with Crippen LogP contribution in [0.3, 0.4) is 0 Å². The van der Waals surface area contributed by atoms with Crippen molar-refractivity contribution in [2.75, 3.05) is 9.80 Å². The number of anilines is 2. The summed E-state index contributed by atoms with van der Waals surface area (Å²) >= 11 is 5.63. The number of hydrogen-bond acceptors (Lipinski definition) is 5. The van der Waals surface area contributed by atoms with Crippen molar-refractivity contribution in [3.8, 4) is 6.07 Å². The number of hydrogen-bond donors (Lipinski definition) is 1. The second-order valence-corrected chi connectivity index (χ2v) is 10.0. The lowest BCUT2D eigenvalue weighted by molar-refractivity contribution is -0.137. The Bertz CT molecular complexity index is 1570. The number of thiocarbonyl (C=S) groups is 1. The number of alkyl halides is 3. The number of aryl methyl sites for hydroxylation is 1. The van der Waals surface area contributed by atoms with E-state index in [2.05, 4.69) is 10.4 Å². The highest BCUT2D eigenvalue weighted by Crippen LogP contribution is 2.47. The predicted octanol–water partition coefficient (Wildman–Crippen LogP) is 4.83. The molecule has 1 spiro atoms. The van der Waals surface area contributed by atoms with Gasteiger partial charge in [-0.2, -0.15) is 23.5 Å². The van der Waals surface area contributed by atoms with Gasteiger partial charge in [0.2, 0.25) is 0 Å². The zero-order valence-corrected chi connectivity index (χ0v) is 21.9. The van der Waals surface area contributed by atoms with Gasteiger partial charge in [0.15, 0.2) is 5.11 Å². The van der Waals surface area contributed by atoms with Gasteiger partial charge in [-0.05, 0) is 61.5 Å². The average molecular weight is 571 g/mol. The van der Waals surface area contributed by atoms with Gasteiger partial charge in [-0.15, -0.1) is 0 Å². The number of carbonyl (C=O) groups is 2. The molecule has 2 fully saturated rings. The minimum Gasteiger partial charge on any atom is -0.347 e. The van der Waals surface area contributed by atoms with Crippen molar-refractivity contribution in [3.63, 3.8) is 0 Å². The summed E-state index contributed by atoms with van der Waals surface area (Å²) in [4.78, 5) is 28.8. The molecule has 5 rings (SSSR count). The molecule has 1 N–H and O–H groups in total. The molecule has 1 aromatic heterocycles. The van der Waals surface area contributed by atoms with E-state index in [1.807, 2.05) is 0 Å². The summed E-state index contributed by atoms with van der Waals surface area (Å²) in [5.41, 5.74) is -2.28. The second-order valence-electron chi connectivity index (χ2n) is 9.64. The largest absolute Gasteiger partial charge is 0.417 e. The van der Waals surface area contributed by atoms with E-state index < -0.39 is 40.5 Å². The smallest absolute Gasteiger partial charge is 0.347 e. The van der Waals surface area contributed by atoms with Crippen LogP contribution in [0.25, 0.3) is 0 Å². The fourth-order valence-corrected chi connectivity index (χ4v) is 5.81. The van der Waals surface area contributed by atoms with Crippen LogP contribution in [-0.4, -0.2) is 32.2 Å². The summed E-state index contributed by atoms with van der Waals surface area (Å²) in [7, 11) is 1.61. The van der Waals surface area contributed by atoms with Crippen molar-refractivity contribution in [2.45, 2.75) is 43.9 Å². The Labute approximate surface area is 231 Å². The zero-order valence-electron chi connectivity index (χ0n) is 21.1. The molecule has 0 bridgehead atoms. The maximum absolute atomic E-state index is 15.3. The Kier molecular flexibility index (Phi) is 6.83. The van der Waals surface area contributed by atoms with E-state index in [0.29, 0.717) is 31.4 Å². The highest BCUT2D eigenvalue weighted by atomic mass is 32.1. The summed E-state index contributed by atoms with van der Waals surface area (Å²) < 4.78 is 57.6. The van der Waals surface area contributed by atoms with Crippen molar-refractivity contribution < 1.29 is 27.2 Å². The number of aromatic nitrogens is 2. The van der Waals surface area contributed by atoms with Crippen LogP contribution in [0.4, 0.5) is 28.9 Å². The number of nitrogens with one attached hydrogen (secondary N) is 1. The van der Waals surface area contributed by atoms with E-state index in [-0.39, 0.29) is 28.6 Å². The Morgan fingerprint density at radius 1 is 1.15 bits per heavy atom. The monoisotopic (exact) mass is 570 g/mol. The Hall–Kier alpha value is -4.31. The lowest BCUT2D eigenvalue weighted by atomic mass is 9.94. The highest BCUT2D eigenvalue weighted by Gasteiger charge is 2.57. The van der Waals surface area contributed by atoms with Crippen LogP contribution in [-0.2, 0) is 24.6 Å². The fraction of sp³-hybridized carbons (Fsp3) is 0.296. The van der Waals surface area contributed by atoms with Crippen LogP contribution < -0.4 is 15.1 Å². The maximum Gasteiger partial charge on any atom is 0.417 e. The quantitative estimate of drug-likeness (QED) is 0.349. The van der Waals surface area contributed by atoms with Crippen LogP contribution in [0.1, 0.15) is 52.9 Å². The van der Waals surface area contributed by atoms with Crippen molar-refractivity contribution in [1.29, 1.82) is 5.26 Å². The van der Waals surface area contributed by atoms with Crippen LogP contribution in [0, 0.1) is 17.1 Å². The summed E-state index contributed by atoms with van der Waals surface area (Å²) in [6.45, 7) is -0.109. The highest BCUT2D eigenvalue weighted by molar-refractivity contribution is 7.81. The summed E-state index contributed by atoms with van der Waals surface area (Å²) in [6, 6.07) is 10.3. The first-order valence-electron chi connectivity index (χ1n) is 12.3. The summed E-state index contributed by atoms with van der Waals surface area (Å²) in [5, 5.41) is 15.6. The molecule has 40 heavy (non-hydrogen) atoms. The Morgan fingerprint density at radius 3 is 2.45 bits per heavy atom.